The van der Waals surface area contributed by atoms with E-state index in [1.54, 1.807) is 14.2 Å². The number of methoxy groups -OCH3 is 2. The van der Waals surface area contributed by atoms with Crippen LogP contribution in [0, 0.1) is 11.8 Å². The van der Waals surface area contributed by atoms with Gasteiger partial charge in [0.15, 0.2) is 11.5 Å². The molecule has 4 rings (SSSR count). The van der Waals surface area contributed by atoms with Crippen molar-refractivity contribution in [3.8, 4) is 11.5 Å². The zero-order valence-corrected chi connectivity index (χ0v) is 15.2. The van der Waals surface area contributed by atoms with Crippen LogP contribution in [0.1, 0.15) is 35.4 Å². The van der Waals surface area contributed by atoms with Crippen LogP contribution in [0.3, 0.4) is 0 Å². The summed E-state index contributed by atoms with van der Waals surface area (Å²) in [5, 5.41) is 0. The molecule has 0 saturated carbocycles. The van der Waals surface area contributed by atoms with Crippen molar-refractivity contribution < 1.29 is 19.0 Å². The highest BCUT2D eigenvalue weighted by molar-refractivity contribution is 5.75. The van der Waals surface area contributed by atoms with Crippen molar-refractivity contribution in [1.82, 2.24) is 0 Å². The van der Waals surface area contributed by atoms with Gasteiger partial charge in [-0.2, -0.15) is 0 Å². The lowest BCUT2D eigenvalue weighted by atomic mass is 9.74. The van der Waals surface area contributed by atoms with Crippen LogP contribution in [-0.4, -0.2) is 26.8 Å². The molecule has 0 amide bonds. The third-order valence-electron chi connectivity index (χ3n) is 5.83. The lowest BCUT2D eigenvalue weighted by Gasteiger charge is -2.28. The van der Waals surface area contributed by atoms with Crippen molar-refractivity contribution >= 4 is 5.97 Å². The Labute approximate surface area is 154 Å². The highest BCUT2D eigenvalue weighted by Crippen LogP contribution is 2.43. The fourth-order valence-electron chi connectivity index (χ4n) is 4.39. The third kappa shape index (κ3) is 2.94. The predicted octanol–water partition coefficient (Wildman–Crippen LogP) is 3.96. The zero-order valence-electron chi connectivity index (χ0n) is 15.2. The van der Waals surface area contributed by atoms with Gasteiger partial charge in [0.25, 0.3) is 0 Å². The summed E-state index contributed by atoms with van der Waals surface area (Å²) in [6, 6.07) is 14.6. The Kier molecular flexibility index (Phi) is 4.58. The van der Waals surface area contributed by atoms with Crippen LogP contribution in [0.5, 0.6) is 11.5 Å². The molecule has 136 valence electrons. The average molecular weight is 352 g/mol. The molecule has 0 N–H and O–H groups in total. The summed E-state index contributed by atoms with van der Waals surface area (Å²) in [4.78, 5) is 12.3. The Bertz CT molecular complexity index is 814. The van der Waals surface area contributed by atoms with Crippen LogP contribution in [0.25, 0.3) is 0 Å². The van der Waals surface area contributed by atoms with Crippen LogP contribution in [0.2, 0.25) is 0 Å². The molecule has 2 aliphatic rings. The van der Waals surface area contributed by atoms with Gasteiger partial charge in [-0.05, 0) is 48.1 Å². The Morgan fingerprint density at radius 2 is 1.85 bits per heavy atom. The minimum atomic E-state index is -0.0418. The first kappa shape index (κ1) is 17.0. The van der Waals surface area contributed by atoms with Crippen LogP contribution in [0.4, 0.5) is 0 Å². The molecule has 0 spiro atoms. The maximum absolute atomic E-state index is 12.3. The number of cyclic esters (lactones) is 1. The molecule has 0 unspecified atom stereocenters. The van der Waals surface area contributed by atoms with E-state index < -0.39 is 0 Å². The molecule has 1 saturated heterocycles. The van der Waals surface area contributed by atoms with E-state index in [2.05, 4.69) is 30.3 Å². The predicted molar refractivity (Wildman–Crippen MR) is 98.7 cm³/mol. The van der Waals surface area contributed by atoms with Crippen LogP contribution in [-0.2, 0) is 16.0 Å². The quantitative estimate of drug-likeness (QED) is 0.785. The summed E-state index contributed by atoms with van der Waals surface area (Å²) in [6.07, 6.45) is 2.76. The van der Waals surface area contributed by atoms with Gasteiger partial charge in [0.05, 0.1) is 26.7 Å². The van der Waals surface area contributed by atoms with E-state index in [9.17, 15) is 4.79 Å². The molecule has 4 heteroatoms. The SMILES string of the molecule is COc1ccc([C@@H]2C[C@H]3C(=O)OC[C@@H]3CCc3ccccc32)cc1OC. The summed E-state index contributed by atoms with van der Waals surface area (Å²) in [6.45, 7) is 0.560. The molecule has 1 heterocycles. The summed E-state index contributed by atoms with van der Waals surface area (Å²) >= 11 is 0. The number of esters is 1. The Hall–Kier alpha value is -2.49. The average Bonchev–Trinajstić information content (AvgIpc) is 3.01. The molecule has 1 aliphatic carbocycles. The lowest BCUT2D eigenvalue weighted by molar-refractivity contribution is -0.141. The van der Waals surface area contributed by atoms with E-state index in [0.29, 0.717) is 18.3 Å². The number of rotatable bonds is 3. The number of fused-ring (bicyclic) bond motifs is 2. The molecule has 0 aromatic heterocycles. The summed E-state index contributed by atoms with van der Waals surface area (Å²) in [5.74, 6) is 1.83. The second-order valence-electron chi connectivity index (χ2n) is 7.14. The minimum absolute atomic E-state index is 0.0264. The van der Waals surface area contributed by atoms with Crippen LogP contribution >= 0.6 is 0 Å². The monoisotopic (exact) mass is 352 g/mol. The molecular formula is C22H24O4. The van der Waals surface area contributed by atoms with Crippen molar-refractivity contribution in [1.29, 1.82) is 0 Å². The van der Waals surface area contributed by atoms with Crippen LogP contribution in [0.15, 0.2) is 42.5 Å². The molecule has 4 nitrogen and oxygen atoms in total. The highest BCUT2D eigenvalue weighted by atomic mass is 16.5. The molecule has 2 aromatic carbocycles. The van der Waals surface area contributed by atoms with Gasteiger partial charge in [0.1, 0.15) is 0 Å². The first-order chi connectivity index (χ1) is 12.7. The third-order valence-corrected chi connectivity index (χ3v) is 5.83. The van der Waals surface area contributed by atoms with Crippen LogP contribution < -0.4 is 9.47 Å². The van der Waals surface area contributed by atoms with Gasteiger partial charge in [0, 0.05) is 11.8 Å². The number of ether oxygens (including phenoxy) is 3. The number of aryl methyl sites for hydroxylation is 1. The van der Waals surface area contributed by atoms with Gasteiger partial charge in [0.2, 0.25) is 0 Å². The normalized spacial score (nSPS) is 24.7. The summed E-state index contributed by atoms with van der Waals surface area (Å²) in [5.41, 5.74) is 3.82. The smallest absolute Gasteiger partial charge is 0.309 e. The number of benzene rings is 2. The number of hydrogen-bond donors (Lipinski definition) is 0. The minimum Gasteiger partial charge on any atom is -0.493 e. The van der Waals surface area contributed by atoms with Gasteiger partial charge in [-0.1, -0.05) is 30.3 Å². The van der Waals surface area contributed by atoms with Crippen molar-refractivity contribution in [2.75, 3.05) is 20.8 Å². The second-order valence-corrected chi connectivity index (χ2v) is 7.14. The Balaban J connectivity index is 1.80. The topological polar surface area (TPSA) is 44.8 Å². The van der Waals surface area contributed by atoms with E-state index in [-0.39, 0.29) is 17.8 Å². The Morgan fingerprint density at radius 3 is 2.65 bits per heavy atom. The molecule has 26 heavy (non-hydrogen) atoms. The van der Waals surface area contributed by atoms with Crippen molar-refractivity contribution in [2.45, 2.75) is 25.2 Å². The first-order valence-corrected chi connectivity index (χ1v) is 9.17. The number of carbonyl (C=O) groups excluding carboxylic acids is 1. The lowest BCUT2D eigenvalue weighted by Crippen LogP contribution is -2.23. The summed E-state index contributed by atoms with van der Waals surface area (Å²) < 4.78 is 16.3. The van der Waals surface area contributed by atoms with E-state index >= 15 is 0 Å². The second kappa shape index (κ2) is 7.02. The molecule has 0 radical (unpaired) electrons. The zero-order chi connectivity index (χ0) is 18.1. The van der Waals surface area contributed by atoms with Gasteiger partial charge >= 0.3 is 5.97 Å². The fraction of sp³-hybridized carbons (Fsp3) is 0.409. The summed E-state index contributed by atoms with van der Waals surface area (Å²) in [7, 11) is 3.29. The standard InChI is InChI=1S/C22H24O4/c1-24-20-10-9-15(11-21(20)25-2)18-12-19-16(13-26-22(19)23)8-7-14-5-3-4-6-17(14)18/h3-6,9-11,16,18-19H,7-8,12-13H2,1-2H3/t16-,18-,19+/m0/s1. The molecule has 0 bridgehead atoms. The maximum Gasteiger partial charge on any atom is 0.309 e. The van der Waals surface area contributed by atoms with E-state index in [1.807, 2.05) is 12.1 Å². The van der Waals surface area contributed by atoms with Gasteiger partial charge < -0.3 is 14.2 Å². The van der Waals surface area contributed by atoms with E-state index in [4.69, 9.17) is 14.2 Å². The van der Waals surface area contributed by atoms with Crippen molar-refractivity contribution in [2.24, 2.45) is 11.8 Å². The maximum atomic E-state index is 12.3. The van der Waals surface area contributed by atoms with Crippen molar-refractivity contribution in [3.05, 3.63) is 59.2 Å². The number of carbonyl (C=O) groups is 1. The van der Waals surface area contributed by atoms with Gasteiger partial charge in [-0.3, -0.25) is 4.79 Å². The molecule has 2 aromatic rings. The van der Waals surface area contributed by atoms with Gasteiger partial charge in [-0.25, -0.2) is 0 Å². The Morgan fingerprint density at radius 1 is 1.04 bits per heavy atom. The largest absolute Gasteiger partial charge is 0.493 e. The highest BCUT2D eigenvalue weighted by Gasteiger charge is 2.40. The molecular weight excluding hydrogens is 328 g/mol. The van der Waals surface area contributed by atoms with E-state index in [0.717, 1.165) is 30.6 Å². The number of hydrogen-bond acceptors (Lipinski definition) is 4. The molecule has 1 fully saturated rings. The first-order valence-electron chi connectivity index (χ1n) is 9.17. The van der Waals surface area contributed by atoms with Crippen molar-refractivity contribution in [3.63, 3.8) is 0 Å². The van der Waals surface area contributed by atoms with Gasteiger partial charge in [-0.15, -0.1) is 0 Å². The molecule has 1 aliphatic heterocycles. The molecule has 3 atom stereocenters. The fourth-order valence-corrected chi connectivity index (χ4v) is 4.39. The van der Waals surface area contributed by atoms with E-state index in [1.165, 1.54) is 11.1 Å².